The third-order valence-electron chi connectivity index (χ3n) is 8.19. The monoisotopic (exact) mass is 740 g/mol. The molecule has 0 radical (unpaired) electrons. The number of carbonyl (C=O) groups excluding carboxylic acids is 2. The van der Waals surface area contributed by atoms with Gasteiger partial charge in [-0.3, -0.25) is 18.6 Å². The fourth-order valence-electron chi connectivity index (χ4n) is 5.17. The number of carbonyl (C=O) groups is 2. The van der Waals surface area contributed by atoms with Gasteiger partial charge in [-0.25, -0.2) is 4.57 Å². The van der Waals surface area contributed by atoms with Gasteiger partial charge in [0, 0.05) is 19.4 Å². The van der Waals surface area contributed by atoms with Gasteiger partial charge in [0.25, 0.3) is 0 Å². The van der Waals surface area contributed by atoms with Gasteiger partial charge in [-0.05, 0) is 70.6 Å². The number of hydrogen-bond donors (Lipinski definition) is 2. The predicted molar refractivity (Wildman–Crippen MR) is 210 cm³/mol. The second-order valence-electron chi connectivity index (χ2n) is 13.1. The topological polar surface area (TPSA) is 134 Å². The molecule has 51 heavy (non-hydrogen) atoms. The van der Waals surface area contributed by atoms with Crippen molar-refractivity contribution in [3.05, 3.63) is 48.6 Å². The Morgan fingerprint density at radius 2 is 1.04 bits per heavy atom. The summed E-state index contributed by atoms with van der Waals surface area (Å²) in [4.78, 5) is 34.7. The lowest BCUT2D eigenvalue weighted by Crippen LogP contribution is -2.29. The van der Waals surface area contributed by atoms with E-state index in [1.165, 1.54) is 64.2 Å². The Morgan fingerprint density at radius 3 is 1.61 bits per heavy atom. The highest BCUT2D eigenvalue weighted by Crippen LogP contribution is 2.43. The maximum Gasteiger partial charge on any atom is 0.472 e. The smallest absolute Gasteiger partial charge is 0.462 e. The third kappa shape index (κ3) is 37.5. The van der Waals surface area contributed by atoms with Gasteiger partial charge in [0.1, 0.15) is 6.61 Å². The lowest BCUT2D eigenvalue weighted by Gasteiger charge is -2.19. The number of hydrogen-bond acceptors (Lipinski definition) is 8. The Kier molecular flexibility index (Phi) is 36.2. The van der Waals surface area contributed by atoms with E-state index in [-0.39, 0.29) is 32.6 Å². The average Bonchev–Trinajstić information content (AvgIpc) is 3.11. The molecule has 296 valence electrons. The molecule has 0 aromatic rings. The van der Waals surface area contributed by atoms with E-state index < -0.39 is 32.5 Å². The van der Waals surface area contributed by atoms with Crippen LogP contribution in [-0.2, 0) is 32.7 Å². The van der Waals surface area contributed by atoms with Crippen LogP contribution >= 0.6 is 7.82 Å². The van der Waals surface area contributed by atoms with Crippen LogP contribution in [0.15, 0.2) is 48.6 Å². The Balaban J connectivity index is 4.30. The molecule has 10 heteroatoms. The maximum atomic E-state index is 12.5. The Hall–Kier alpha value is -2.03. The highest BCUT2D eigenvalue weighted by atomic mass is 31.2. The fraction of sp³-hybridized carbons (Fsp3) is 0.756. The summed E-state index contributed by atoms with van der Waals surface area (Å²) in [6, 6.07) is 0. The number of rotatable bonds is 37. The Morgan fingerprint density at radius 1 is 0.588 bits per heavy atom. The first-order valence-corrected chi connectivity index (χ1v) is 21.6. The van der Waals surface area contributed by atoms with Gasteiger partial charge in [-0.15, -0.1) is 0 Å². The van der Waals surface area contributed by atoms with Crippen LogP contribution in [0.25, 0.3) is 0 Å². The molecular formula is C41H74NO8P. The maximum absolute atomic E-state index is 12.5. The molecular weight excluding hydrogens is 665 g/mol. The first-order chi connectivity index (χ1) is 24.8. The van der Waals surface area contributed by atoms with E-state index in [4.69, 9.17) is 24.3 Å². The van der Waals surface area contributed by atoms with E-state index in [1.807, 2.05) is 0 Å². The zero-order valence-corrected chi connectivity index (χ0v) is 33.2. The summed E-state index contributed by atoms with van der Waals surface area (Å²) in [5, 5.41) is 0. The van der Waals surface area contributed by atoms with Gasteiger partial charge in [-0.1, -0.05) is 133 Å². The van der Waals surface area contributed by atoms with Gasteiger partial charge in [0.2, 0.25) is 0 Å². The molecule has 2 atom stereocenters. The second kappa shape index (κ2) is 37.7. The lowest BCUT2D eigenvalue weighted by molar-refractivity contribution is -0.161. The van der Waals surface area contributed by atoms with E-state index in [9.17, 15) is 19.0 Å². The highest BCUT2D eigenvalue weighted by molar-refractivity contribution is 7.47. The van der Waals surface area contributed by atoms with Crippen molar-refractivity contribution in [3.8, 4) is 0 Å². The first-order valence-electron chi connectivity index (χ1n) is 20.1. The number of nitrogens with two attached hydrogens (primary N) is 1. The molecule has 0 saturated heterocycles. The summed E-state index contributed by atoms with van der Waals surface area (Å²) in [7, 11) is -4.39. The van der Waals surface area contributed by atoms with E-state index in [2.05, 4.69) is 62.5 Å². The van der Waals surface area contributed by atoms with Crippen LogP contribution in [0.1, 0.15) is 168 Å². The van der Waals surface area contributed by atoms with Gasteiger partial charge in [-0.2, -0.15) is 0 Å². The van der Waals surface area contributed by atoms with Crippen molar-refractivity contribution < 1.29 is 37.6 Å². The standard InChI is InChI=1S/C41H74NO8P/c1-3-5-7-9-11-13-15-17-18-19-20-22-23-25-27-29-31-33-40(43)47-37-39(38-49-51(45,46)48-36-35-42)50-41(44)34-32-30-28-26-24-21-16-14-12-10-8-6-4-2/h14,16-18,20,22,25,27,39H,3-13,15,19,21,23-24,26,28-38,42H2,1-2H3,(H,45,46). The second-order valence-corrected chi connectivity index (χ2v) is 14.6. The molecule has 0 aromatic carbocycles. The molecule has 0 bridgehead atoms. The van der Waals surface area contributed by atoms with Crippen molar-refractivity contribution in [2.45, 2.75) is 174 Å². The largest absolute Gasteiger partial charge is 0.472 e. The summed E-state index contributed by atoms with van der Waals surface area (Å²) in [6.07, 6.45) is 41.5. The minimum atomic E-state index is -4.39. The number of allylic oxidation sites excluding steroid dienone is 8. The van der Waals surface area contributed by atoms with Gasteiger partial charge < -0.3 is 20.1 Å². The van der Waals surface area contributed by atoms with Crippen molar-refractivity contribution in [1.29, 1.82) is 0 Å². The first kappa shape index (κ1) is 49.0. The summed E-state index contributed by atoms with van der Waals surface area (Å²) < 4.78 is 32.6. The zero-order valence-electron chi connectivity index (χ0n) is 32.3. The van der Waals surface area contributed by atoms with Crippen molar-refractivity contribution in [3.63, 3.8) is 0 Å². The minimum Gasteiger partial charge on any atom is -0.462 e. The molecule has 0 heterocycles. The lowest BCUT2D eigenvalue weighted by atomic mass is 10.1. The van der Waals surface area contributed by atoms with Gasteiger partial charge >= 0.3 is 19.8 Å². The Labute approximate surface area is 311 Å². The quantitative estimate of drug-likeness (QED) is 0.0276. The molecule has 0 spiro atoms. The molecule has 3 N–H and O–H groups in total. The number of esters is 2. The number of unbranched alkanes of at least 4 members (excludes halogenated alkanes) is 16. The zero-order chi connectivity index (χ0) is 37.5. The van der Waals surface area contributed by atoms with Crippen molar-refractivity contribution >= 4 is 19.8 Å². The molecule has 0 aliphatic carbocycles. The van der Waals surface area contributed by atoms with E-state index in [1.54, 1.807) is 0 Å². The van der Waals surface area contributed by atoms with Crippen LogP contribution in [0.3, 0.4) is 0 Å². The average molecular weight is 740 g/mol. The molecule has 0 aromatic heterocycles. The van der Waals surface area contributed by atoms with E-state index >= 15 is 0 Å². The predicted octanol–water partition coefficient (Wildman–Crippen LogP) is 11.2. The van der Waals surface area contributed by atoms with Crippen LogP contribution in [0.4, 0.5) is 0 Å². The molecule has 9 nitrogen and oxygen atoms in total. The number of ether oxygens (including phenoxy) is 2. The van der Waals surface area contributed by atoms with Crippen LogP contribution in [-0.4, -0.2) is 49.3 Å². The normalized spacial score (nSPS) is 13.9. The third-order valence-corrected chi connectivity index (χ3v) is 9.17. The van der Waals surface area contributed by atoms with E-state index in [0.29, 0.717) is 12.8 Å². The highest BCUT2D eigenvalue weighted by Gasteiger charge is 2.25. The summed E-state index contributed by atoms with van der Waals surface area (Å²) in [6.45, 7) is 3.63. The van der Waals surface area contributed by atoms with Crippen LogP contribution in [0.5, 0.6) is 0 Å². The van der Waals surface area contributed by atoms with Gasteiger partial charge in [0.05, 0.1) is 13.2 Å². The molecule has 0 rings (SSSR count). The van der Waals surface area contributed by atoms with Crippen molar-refractivity contribution in [1.82, 2.24) is 0 Å². The number of phosphoric acid groups is 1. The summed E-state index contributed by atoms with van der Waals surface area (Å²) in [5.41, 5.74) is 5.33. The van der Waals surface area contributed by atoms with Gasteiger partial charge in [0.15, 0.2) is 6.10 Å². The van der Waals surface area contributed by atoms with Crippen LogP contribution < -0.4 is 5.73 Å². The molecule has 0 amide bonds. The van der Waals surface area contributed by atoms with Crippen LogP contribution in [0, 0.1) is 0 Å². The van der Waals surface area contributed by atoms with Crippen LogP contribution in [0.2, 0.25) is 0 Å². The molecule has 0 saturated carbocycles. The summed E-state index contributed by atoms with van der Waals surface area (Å²) in [5.74, 6) is -0.903. The van der Waals surface area contributed by atoms with Crippen molar-refractivity contribution in [2.24, 2.45) is 5.73 Å². The molecule has 2 unspecified atom stereocenters. The molecule has 0 fully saturated rings. The fourth-order valence-corrected chi connectivity index (χ4v) is 5.94. The SMILES string of the molecule is CCCCCCC=CCCCCCCCC(=O)OC(COC(=O)CCCC=CCC=CCC=CCCCCCCCC)COP(=O)(O)OCCN. The molecule has 0 aliphatic heterocycles. The summed E-state index contributed by atoms with van der Waals surface area (Å²) >= 11 is 0. The number of phosphoric ester groups is 1. The minimum absolute atomic E-state index is 0.0443. The molecule has 0 aliphatic rings. The Bertz CT molecular complexity index is 981. The van der Waals surface area contributed by atoms with E-state index in [0.717, 1.165) is 64.2 Å². The van der Waals surface area contributed by atoms with Crippen molar-refractivity contribution in [2.75, 3.05) is 26.4 Å².